The minimum atomic E-state index is -0.175. The van der Waals surface area contributed by atoms with E-state index < -0.39 is 0 Å². The summed E-state index contributed by atoms with van der Waals surface area (Å²) in [6, 6.07) is 13.9. The highest BCUT2D eigenvalue weighted by Gasteiger charge is 2.21. The fraction of sp³-hybridized carbons (Fsp3) is 0.333. The van der Waals surface area contributed by atoms with Gasteiger partial charge in [0, 0.05) is 18.2 Å². The van der Waals surface area contributed by atoms with Crippen LogP contribution in [-0.4, -0.2) is 17.6 Å². The predicted molar refractivity (Wildman–Crippen MR) is 88.7 cm³/mol. The molecule has 0 saturated heterocycles. The molecule has 4 nitrogen and oxygen atoms in total. The van der Waals surface area contributed by atoms with Crippen molar-refractivity contribution < 1.29 is 4.79 Å². The SMILES string of the molecule is Cc1ccc(C(C)(C)CNC(=O)NCc2ccccn2)cc1. The van der Waals surface area contributed by atoms with Crippen LogP contribution in [0.3, 0.4) is 0 Å². The van der Waals surface area contributed by atoms with Gasteiger partial charge in [0.2, 0.25) is 0 Å². The summed E-state index contributed by atoms with van der Waals surface area (Å²) in [6.45, 7) is 7.31. The highest BCUT2D eigenvalue weighted by atomic mass is 16.2. The number of amides is 2. The zero-order valence-electron chi connectivity index (χ0n) is 13.4. The first-order chi connectivity index (χ1) is 10.5. The van der Waals surface area contributed by atoms with Crippen molar-refractivity contribution >= 4 is 6.03 Å². The van der Waals surface area contributed by atoms with Crippen molar-refractivity contribution in [3.05, 3.63) is 65.5 Å². The van der Waals surface area contributed by atoms with Gasteiger partial charge in [0.1, 0.15) is 0 Å². The lowest BCUT2D eigenvalue weighted by Crippen LogP contribution is -2.42. The molecular weight excluding hydrogens is 274 g/mol. The zero-order chi connectivity index (χ0) is 16.0. The summed E-state index contributed by atoms with van der Waals surface area (Å²) in [5.41, 5.74) is 3.18. The van der Waals surface area contributed by atoms with Crippen molar-refractivity contribution in [1.82, 2.24) is 15.6 Å². The minimum Gasteiger partial charge on any atom is -0.337 e. The van der Waals surface area contributed by atoms with Crippen LogP contribution < -0.4 is 10.6 Å². The standard InChI is InChI=1S/C18H23N3O/c1-14-7-9-15(10-8-14)18(2,3)13-21-17(22)20-12-16-6-4-5-11-19-16/h4-11H,12-13H2,1-3H3,(H2,20,21,22). The third-order valence-corrected chi connectivity index (χ3v) is 3.68. The average molecular weight is 297 g/mol. The number of aromatic nitrogens is 1. The Morgan fingerprint density at radius 2 is 1.82 bits per heavy atom. The monoisotopic (exact) mass is 297 g/mol. The molecule has 0 bridgehead atoms. The number of aryl methyl sites for hydroxylation is 1. The zero-order valence-corrected chi connectivity index (χ0v) is 13.4. The Kier molecular flexibility index (Phi) is 5.15. The van der Waals surface area contributed by atoms with Crippen molar-refractivity contribution in [1.29, 1.82) is 0 Å². The molecule has 0 aliphatic rings. The number of pyridine rings is 1. The van der Waals surface area contributed by atoms with E-state index in [9.17, 15) is 4.79 Å². The maximum Gasteiger partial charge on any atom is 0.315 e. The van der Waals surface area contributed by atoms with Gasteiger partial charge in [-0.15, -0.1) is 0 Å². The number of nitrogens with one attached hydrogen (secondary N) is 2. The fourth-order valence-electron chi connectivity index (χ4n) is 2.14. The van der Waals surface area contributed by atoms with Gasteiger partial charge in [0.25, 0.3) is 0 Å². The Morgan fingerprint density at radius 1 is 1.09 bits per heavy atom. The fourth-order valence-corrected chi connectivity index (χ4v) is 2.14. The van der Waals surface area contributed by atoms with Gasteiger partial charge in [-0.3, -0.25) is 4.98 Å². The molecule has 0 aliphatic heterocycles. The summed E-state index contributed by atoms with van der Waals surface area (Å²) >= 11 is 0. The summed E-state index contributed by atoms with van der Waals surface area (Å²) < 4.78 is 0. The Labute approximate surface area is 132 Å². The van der Waals surface area contributed by atoms with Crippen LogP contribution in [0.4, 0.5) is 4.79 Å². The summed E-state index contributed by atoms with van der Waals surface area (Å²) in [7, 11) is 0. The van der Waals surface area contributed by atoms with Crippen LogP contribution in [0.2, 0.25) is 0 Å². The van der Waals surface area contributed by atoms with E-state index in [1.165, 1.54) is 11.1 Å². The molecule has 0 aliphatic carbocycles. The Bertz CT molecular complexity index is 606. The van der Waals surface area contributed by atoms with E-state index >= 15 is 0 Å². The molecule has 0 spiro atoms. The maximum absolute atomic E-state index is 11.9. The number of nitrogens with zero attached hydrogens (tertiary/aromatic N) is 1. The van der Waals surface area contributed by atoms with Crippen LogP contribution in [0.15, 0.2) is 48.7 Å². The normalized spacial score (nSPS) is 11.0. The van der Waals surface area contributed by atoms with Gasteiger partial charge in [0.15, 0.2) is 0 Å². The van der Waals surface area contributed by atoms with Gasteiger partial charge in [-0.25, -0.2) is 4.79 Å². The van der Waals surface area contributed by atoms with Crippen molar-refractivity contribution in [2.45, 2.75) is 32.7 Å². The second-order valence-corrected chi connectivity index (χ2v) is 6.11. The van der Waals surface area contributed by atoms with E-state index in [1.54, 1.807) is 6.20 Å². The second kappa shape index (κ2) is 7.07. The second-order valence-electron chi connectivity index (χ2n) is 6.11. The molecular formula is C18H23N3O. The first kappa shape index (κ1) is 16.0. The van der Waals surface area contributed by atoms with Gasteiger partial charge in [-0.2, -0.15) is 0 Å². The van der Waals surface area contributed by atoms with E-state index in [0.717, 1.165) is 5.69 Å². The third kappa shape index (κ3) is 4.58. The Morgan fingerprint density at radius 3 is 2.45 bits per heavy atom. The smallest absolute Gasteiger partial charge is 0.315 e. The highest BCUT2D eigenvalue weighted by molar-refractivity contribution is 5.73. The Balaban J connectivity index is 1.83. The summed E-state index contributed by atoms with van der Waals surface area (Å²) in [4.78, 5) is 16.1. The molecule has 4 heteroatoms. The van der Waals surface area contributed by atoms with Gasteiger partial charge in [-0.05, 0) is 24.6 Å². The molecule has 2 rings (SSSR count). The van der Waals surface area contributed by atoms with Gasteiger partial charge >= 0.3 is 6.03 Å². The quantitative estimate of drug-likeness (QED) is 0.890. The topological polar surface area (TPSA) is 54.0 Å². The van der Waals surface area contributed by atoms with E-state index in [-0.39, 0.29) is 11.4 Å². The first-order valence-corrected chi connectivity index (χ1v) is 7.46. The van der Waals surface area contributed by atoms with Crippen LogP contribution in [0.5, 0.6) is 0 Å². The summed E-state index contributed by atoms with van der Waals surface area (Å²) in [6.07, 6.45) is 1.72. The van der Waals surface area contributed by atoms with Crippen molar-refractivity contribution in [2.24, 2.45) is 0 Å². The van der Waals surface area contributed by atoms with Gasteiger partial charge in [-0.1, -0.05) is 49.7 Å². The predicted octanol–water partition coefficient (Wildman–Crippen LogP) is 3.17. The molecule has 2 N–H and O–H groups in total. The molecule has 0 atom stereocenters. The number of carbonyl (C=O) groups excluding carboxylic acids is 1. The van der Waals surface area contributed by atoms with Crippen LogP contribution in [-0.2, 0) is 12.0 Å². The van der Waals surface area contributed by atoms with Crippen LogP contribution in [0, 0.1) is 6.92 Å². The number of hydrogen-bond acceptors (Lipinski definition) is 2. The molecule has 2 amide bonds. The molecule has 1 heterocycles. The van der Waals surface area contributed by atoms with E-state index in [2.05, 4.69) is 60.7 Å². The van der Waals surface area contributed by atoms with E-state index in [4.69, 9.17) is 0 Å². The summed E-state index contributed by atoms with van der Waals surface area (Å²) in [5, 5.41) is 5.75. The Hall–Kier alpha value is -2.36. The molecule has 0 unspecified atom stereocenters. The third-order valence-electron chi connectivity index (χ3n) is 3.68. The van der Waals surface area contributed by atoms with Crippen LogP contribution in [0.25, 0.3) is 0 Å². The number of urea groups is 1. The molecule has 0 radical (unpaired) electrons. The number of hydrogen-bond donors (Lipinski definition) is 2. The van der Waals surface area contributed by atoms with Crippen molar-refractivity contribution in [3.63, 3.8) is 0 Å². The van der Waals surface area contributed by atoms with Crippen LogP contribution in [0.1, 0.15) is 30.7 Å². The number of carbonyl (C=O) groups is 1. The van der Waals surface area contributed by atoms with Gasteiger partial charge < -0.3 is 10.6 Å². The lowest BCUT2D eigenvalue weighted by Gasteiger charge is -2.26. The number of benzene rings is 1. The van der Waals surface area contributed by atoms with Crippen molar-refractivity contribution in [2.75, 3.05) is 6.54 Å². The molecule has 1 aromatic heterocycles. The molecule has 116 valence electrons. The lowest BCUT2D eigenvalue weighted by molar-refractivity contribution is 0.238. The van der Waals surface area contributed by atoms with Gasteiger partial charge in [0.05, 0.1) is 12.2 Å². The first-order valence-electron chi connectivity index (χ1n) is 7.46. The number of rotatable bonds is 5. The molecule has 1 aromatic carbocycles. The van der Waals surface area contributed by atoms with Crippen LogP contribution >= 0.6 is 0 Å². The average Bonchev–Trinajstić information content (AvgIpc) is 2.52. The van der Waals surface area contributed by atoms with Crippen molar-refractivity contribution in [3.8, 4) is 0 Å². The summed E-state index contributed by atoms with van der Waals surface area (Å²) in [5.74, 6) is 0. The lowest BCUT2D eigenvalue weighted by atomic mass is 9.84. The molecule has 0 fully saturated rings. The molecule has 22 heavy (non-hydrogen) atoms. The largest absolute Gasteiger partial charge is 0.337 e. The van der Waals surface area contributed by atoms with E-state index in [0.29, 0.717) is 13.1 Å². The minimum absolute atomic E-state index is 0.115. The molecule has 2 aromatic rings. The maximum atomic E-state index is 11.9. The highest BCUT2D eigenvalue weighted by Crippen LogP contribution is 2.22. The molecule has 0 saturated carbocycles. The van der Waals surface area contributed by atoms with E-state index in [1.807, 2.05) is 18.2 Å².